The maximum absolute atomic E-state index is 13.8. The number of fused-ring (bicyclic) bond motifs is 5. The van der Waals surface area contributed by atoms with Crippen LogP contribution in [0.3, 0.4) is 0 Å². The van der Waals surface area contributed by atoms with Crippen LogP contribution in [0.25, 0.3) is 26.1 Å². The molecular weight excluding hydrogens is 506 g/mol. The number of nitrogens with one attached hydrogen (secondary N) is 1. The Hall–Kier alpha value is -3.78. The predicted octanol–water partition coefficient (Wildman–Crippen LogP) is 6.43. The topological polar surface area (TPSA) is 79.6 Å². The third-order valence-electron chi connectivity index (χ3n) is 7.34. The van der Waals surface area contributed by atoms with Gasteiger partial charge in [-0.3, -0.25) is 19.0 Å². The fourth-order valence-corrected chi connectivity index (χ4v) is 6.15. The molecule has 0 saturated heterocycles. The Morgan fingerprint density at radius 1 is 1.08 bits per heavy atom. The van der Waals surface area contributed by atoms with Crippen molar-refractivity contribution in [3.05, 3.63) is 82.3 Å². The van der Waals surface area contributed by atoms with Crippen LogP contribution in [0.1, 0.15) is 62.4 Å². The second kappa shape index (κ2) is 11.9. The van der Waals surface area contributed by atoms with Crippen LogP contribution in [-0.2, 0) is 6.54 Å². The van der Waals surface area contributed by atoms with Crippen LogP contribution in [-0.4, -0.2) is 33.4 Å². The monoisotopic (exact) mass is 541 g/mol. The Bertz CT molecular complexity index is 1660. The number of amides is 1. The van der Waals surface area contributed by atoms with E-state index in [0.29, 0.717) is 28.3 Å². The number of hydrogen-bond donors (Lipinski definition) is 1. The molecule has 0 aliphatic heterocycles. The Balaban J connectivity index is 1.61. The molecule has 1 unspecified atom stereocenters. The predicted molar refractivity (Wildman–Crippen MR) is 161 cm³/mol. The summed E-state index contributed by atoms with van der Waals surface area (Å²) in [7, 11) is 0. The van der Waals surface area contributed by atoms with E-state index in [2.05, 4.69) is 36.0 Å². The molecule has 4 aromatic heterocycles. The molecule has 4 heterocycles. The SMILES string of the molecule is CCCN(CCCC(C)CC)c1ccc2c(=O)c(C(=O)NCc3ccncc3)c3sc4ccccc4n3c2n1. The minimum atomic E-state index is -0.385. The largest absolute Gasteiger partial charge is 0.357 e. The van der Waals surface area contributed by atoms with E-state index in [1.807, 2.05) is 52.9 Å². The van der Waals surface area contributed by atoms with Gasteiger partial charge in [0.2, 0.25) is 5.43 Å². The molecule has 1 aromatic carbocycles. The number of thiazole rings is 1. The fraction of sp³-hybridized carbons (Fsp3) is 0.355. The lowest BCUT2D eigenvalue weighted by atomic mass is 10.0. The summed E-state index contributed by atoms with van der Waals surface area (Å²) < 4.78 is 2.99. The Morgan fingerprint density at radius 3 is 2.64 bits per heavy atom. The average Bonchev–Trinajstić information content (AvgIpc) is 3.35. The van der Waals surface area contributed by atoms with Gasteiger partial charge >= 0.3 is 0 Å². The van der Waals surface area contributed by atoms with E-state index < -0.39 is 0 Å². The van der Waals surface area contributed by atoms with Crippen LogP contribution in [0, 0.1) is 5.92 Å². The molecule has 5 rings (SSSR count). The molecule has 0 aliphatic carbocycles. The number of carbonyl (C=O) groups is 1. The van der Waals surface area contributed by atoms with Crippen LogP contribution in [0.4, 0.5) is 5.82 Å². The van der Waals surface area contributed by atoms with Crippen LogP contribution < -0.4 is 15.6 Å². The van der Waals surface area contributed by atoms with E-state index in [0.717, 1.165) is 47.5 Å². The zero-order chi connectivity index (χ0) is 27.4. The first-order chi connectivity index (χ1) is 19.0. The van der Waals surface area contributed by atoms with E-state index in [4.69, 9.17) is 4.98 Å². The van der Waals surface area contributed by atoms with Gasteiger partial charge in [-0.05, 0) is 67.1 Å². The lowest BCUT2D eigenvalue weighted by Crippen LogP contribution is -2.30. The molecule has 0 bridgehead atoms. The lowest BCUT2D eigenvalue weighted by Gasteiger charge is -2.24. The molecule has 1 atom stereocenters. The summed E-state index contributed by atoms with van der Waals surface area (Å²) in [6.07, 6.45) is 7.85. The number of pyridine rings is 3. The maximum atomic E-state index is 13.8. The number of aromatic nitrogens is 3. The molecule has 1 N–H and O–H groups in total. The summed E-state index contributed by atoms with van der Waals surface area (Å²) in [5, 5.41) is 3.39. The highest BCUT2D eigenvalue weighted by Crippen LogP contribution is 2.31. The zero-order valence-corrected chi connectivity index (χ0v) is 23.6. The molecule has 5 aromatic rings. The van der Waals surface area contributed by atoms with Crippen LogP contribution in [0.2, 0.25) is 0 Å². The summed E-state index contributed by atoms with van der Waals surface area (Å²) in [6, 6.07) is 15.5. The normalized spacial score (nSPS) is 12.3. The quantitative estimate of drug-likeness (QED) is 0.208. The highest BCUT2D eigenvalue weighted by atomic mass is 32.1. The number of benzene rings is 1. The highest BCUT2D eigenvalue weighted by Gasteiger charge is 2.23. The second-order valence-corrected chi connectivity index (χ2v) is 11.2. The summed E-state index contributed by atoms with van der Waals surface area (Å²) in [5.41, 5.74) is 2.32. The average molecular weight is 542 g/mol. The molecule has 1 amide bonds. The van der Waals surface area contributed by atoms with Crippen molar-refractivity contribution in [2.24, 2.45) is 5.92 Å². The molecule has 0 radical (unpaired) electrons. The molecule has 39 heavy (non-hydrogen) atoms. The highest BCUT2D eigenvalue weighted by molar-refractivity contribution is 7.24. The Kier molecular flexibility index (Phi) is 8.21. The van der Waals surface area contributed by atoms with Crippen molar-refractivity contribution in [3.8, 4) is 0 Å². The summed E-state index contributed by atoms with van der Waals surface area (Å²) in [5.74, 6) is 1.19. The van der Waals surface area contributed by atoms with Crippen LogP contribution >= 0.6 is 11.3 Å². The minimum Gasteiger partial charge on any atom is -0.357 e. The Morgan fingerprint density at radius 2 is 1.87 bits per heavy atom. The zero-order valence-electron chi connectivity index (χ0n) is 22.8. The molecule has 202 valence electrons. The van der Waals surface area contributed by atoms with Crippen molar-refractivity contribution in [3.63, 3.8) is 0 Å². The van der Waals surface area contributed by atoms with Gasteiger partial charge in [0.1, 0.15) is 16.2 Å². The number of para-hydroxylation sites is 1. The third-order valence-corrected chi connectivity index (χ3v) is 8.49. The van der Waals surface area contributed by atoms with E-state index in [1.165, 1.54) is 24.2 Å². The van der Waals surface area contributed by atoms with Gasteiger partial charge in [-0.25, -0.2) is 4.98 Å². The van der Waals surface area contributed by atoms with E-state index in [9.17, 15) is 9.59 Å². The van der Waals surface area contributed by atoms with Crippen molar-refractivity contribution in [1.29, 1.82) is 0 Å². The molecular formula is C31H35N5O2S. The Labute approximate surface area is 232 Å². The molecule has 8 heteroatoms. The first-order valence-corrected chi connectivity index (χ1v) is 14.6. The van der Waals surface area contributed by atoms with E-state index in [1.54, 1.807) is 12.4 Å². The number of nitrogens with zero attached hydrogens (tertiary/aromatic N) is 4. The maximum Gasteiger partial charge on any atom is 0.258 e. The number of hydrogen-bond acceptors (Lipinski definition) is 6. The number of rotatable bonds is 11. The van der Waals surface area contributed by atoms with Gasteiger partial charge < -0.3 is 10.2 Å². The van der Waals surface area contributed by atoms with E-state index >= 15 is 0 Å². The molecule has 7 nitrogen and oxygen atoms in total. The standard InChI is InChI=1S/C31H35N5O2S/c1-4-18-35(19-8-9-21(3)5-2)26-13-12-23-28(37)27(30(38)33-20-22-14-16-32-17-15-22)31-36(29(23)34-26)24-10-6-7-11-25(24)39-31/h6-7,10-17,21H,4-5,8-9,18-20H2,1-3H3,(H,33,38). The molecule has 0 fully saturated rings. The van der Waals surface area contributed by atoms with Gasteiger partial charge in [0.25, 0.3) is 5.91 Å². The van der Waals surface area contributed by atoms with Gasteiger partial charge in [0.15, 0.2) is 5.65 Å². The second-order valence-electron chi connectivity index (χ2n) is 10.1. The van der Waals surface area contributed by atoms with Gasteiger partial charge in [-0.1, -0.05) is 39.3 Å². The number of anilines is 1. The lowest BCUT2D eigenvalue weighted by molar-refractivity contribution is 0.0951. The molecule has 0 saturated carbocycles. The van der Waals surface area contributed by atoms with Gasteiger partial charge in [0, 0.05) is 32.0 Å². The van der Waals surface area contributed by atoms with Gasteiger partial charge in [-0.2, -0.15) is 0 Å². The molecule has 0 aliphatic rings. The first kappa shape index (κ1) is 26.8. The van der Waals surface area contributed by atoms with Crippen LogP contribution in [0.15, 0.2) is 65.7 Å². The summed E-state index contributed by atoms with van der Waals surface area (Å²) in [4.78, 5) is 39.3. The van der Waals surface area contributed by atoms with Gasteiger partial charge in [0.05, 0.1) is 15.6 Å². The van der Waals surface area contributed by atoms with Crippen LogP contribution in [0.5, 0.6) is 0 Å². The van der Waals surface area contributed by atoms with Crippen molar-refractivity contribution < 1.29 is 4.79 Å². The van der Waals surface area contributed by atoms with Crippen molar-refractivity contribution in [2.45, 2.75) is 53.0 Å². The van der Waals surface area contributed by atoms with Crippen molar-refractivity contribution >= 4 is 49.1 Å². The summed E-state index contributed by atoms with van der Waals surface area (Å²) >= 11 is 1.45. The fourth-order valence-electron chi connectivity index (χ4n) is 4.97. The minimum absolute atomic E-state index is 0.159. The first-order valence-electron chi connectivity index (χ1n) is 13.8. The van der Waals surface area contributed by atoms with E-state index in [-0.39, 0.29) is 16.9 Å². The smallest absolute Gasteiger partial charge is 0.258 e. The van der Waals surface area contributed by atoms with Crippen molar-refractivity contribution in [1.82, 2.24) is 19.7 Å². The number of carbonyl (C=O) groups excluding carboxylic acids is 1. The molecule has 0 spiro atoms. The van der Waals surface area contributed by atoms with Gasteiger partial charge in [-0.15, -0.1) is 11.3 Å². The third kappa shape index (κ3) is 5.52. The van der Waals surface area contributed by atoms with Crippen molar-refractivity contribution in [2.75, 3.05) is 18.0 Å². The summed E-state index contributed by atoms with van der Waals surface area (Å²) in [6.45, 7) is 8.85.